The molecular weight excluding hydrogens is 338 g/mol. The minimum absolute atomic E-state index is 0.103. The van der Waals surface area contributed by atoms with Crippen molar-refractivity contribution in [1.29, 1.82) is 0 Å². The fourth-order valence-electron chi connectivity index (χ4n) is 3.35. The fraction of sp³-hybridized carbons (Fsp3) is 0.286. The van der Waals surface area contributed by atoms with Crippen molar-refractivity contribution in [3.05, 3.63) is 48.3 Å². The first-order valence-electron chi connectivity index (χ1n) is 9.31. The zero-order chi connectivity index (χ0) is 18.8. The van der Waals surface area contributed by atoms with E-state index in [4.69, 9.17) is 4.98 Å². The van der Waals surface area contributed by atoms with Gasteiger partial charge in [0.15, 0.2) is 5.65 Å². The van der Waals surface area contributed by atoms with Crippen molar-refractivity contribution in [2.24, 2.45) is 7.05 Å². The number of fused-ring (bicyclic) bond motifs is 3. The summed E-state index contributed by atoms with van der Waals surface area (Å²) >= 11 is 0. The predicted molar refractivity (Wildman–Crippen MR) is 107 cm³/mol. The lowest BCUT2D eigenvalue weighted by Crippen LogP contribution is -2.22. The maximum absolute atomic E-state index is 11.8. The van der Waals surface area contributed by atoms with Gasteiger partial charge in [0.25, 0.3) is 0 Å². The zero-order valence-electron chi connectivity index (χ0n) is 15.6. The van der Waals surface area contributed by atoms with Gasteiger partial charge in [-0.25, -0.2) is 9.97 Å². The number of benzene rings is 1. The number of carbonyl (C=O) groups excluding carboxylic acids is 1. The number of aryl methyl sites for hydroxylation is 1. The minimum Gasteiger partial charge on any atom is -0.352 e. The molecule has 3 heterocycles. The molecule has 0 saturated heterocycles. The number of aromatic nitrogens is 4. The Morgan fingerprint density at radius 3 is 3.04 bits per heavy atom. The van der Waals surface area contributed by atoms with Crippen LogP contribution in [0.2, 0.25) is 0 Å². The van der Waals surface area contributed by atoms with Crippen molar-refractivity contribution in [1.82, 2.24) is 25.1 Å². The van der Waals surface area contributed by atoms with E-state index >= 15 is 0 Å². The van der Waals surface area contributed by atoms with Crippen LogP contribution in [0.4, 0.5) is 0 Å². The van der Waals surface area contributed by atoms with E-state index in [0.717, 1.165) is 51.6 Å². The van der Waals surface area contributed by atoms with Crippen LogP contribution in [-0.2, 0) is 18.4 Å². The third-order valence-corrected chi connectivity index (χ3v) is 4.82. The smallest absolute Gasteiger partial charge is 0.220 e. The van der Waals surface area contributed by atoms with Crippen molar-refractivity contribution in [3.63, 3.8) is 0 Å². The zero-order valence-corrected chi connectivity index (χ0v) is 15.6. The molecule has 0 radical (unpaired) electrons. The van der Waals surface area contributed by atoms with Gasteiger partial charge in [0.1, 0.15) is 0 Å². The Morgan fingerprint density at radius 1 is 1.30 bits per heavy atom. The van der Waals surface area contributed by atoms with Crippen LogP contribution in [0.1, 0.15) is 31.7 Å². The second-order valence-electron chi connectivity index (χ2n) is 6.85. The molecule has 0 atom stereocenters. The predicted octanol–water partition coefficient (Wildman–Crippen LogP) is 3.92. The molecule has 0 saturated carbocycles. The summed E-state index contributed by atoms with van der Waals surface area (Å²) in [5, 5.41) is 8.26. The highest BCUT2D eigenvalue weighted by molar-refractivity contribution is 6.04. The third-order valence-electron chi connectivity index (χ3n) is 4.82. The van der Waals surface area contributed by atoms with E-state index in [-0.39, 0.29) is 5.91 Å². The van der Waals surface area contributed by atoms with E-state index in [9.17, 15) is 4.79 Å². The highest BCUT2D eigenvalue weighted by Gasteiger charge is 2.12. The van der Waals surface area contributed by atoms with Gasteiger partial charge in [-0.05, 0) is 24.1 Å². The fourth-order valence-corrected chi connectivity index (χ4v) is 3.35. The van der Waals surface area contributed by atoms with Crippen LogP contribution in [0.5, 0.6) is 0 Å². The Morgan fingerprint density at radius 2 is 2.19 bits per heavy atom. The second kappa shape index (κ2) is 7.23. The van der Waals surface area contributed by atoms with Crippen LogP contribution in [0, 0.1) is 0 Å². The summed E-state index contributed by atoms with van der Waals surface area (Å²) in [6.07, 6.45) is 6.32. The Kier molecular flexibility index (Phi) is 4.62. The summed E-state index contributed by atoms with van der Waals surface area (Å²) in [4.78, 5) is 21.0. The second-order valence-corrected chi connectivity index (χ2v) is 6.85. The summed E-state index contributed by atoms with van der Waals surface area (Å²) in [5.74, 6) is 0.103. The van der Waals surface area contributed by atoms with Crippen molar-refractivity contribution < 1.29 is 4.79 Å². The van der Waals surface area contributed by atoms with E-state index in [2.05, 4.69) is 34.5 Å². The van der Waals surface area contributed by atoms with Gasteiger partial charge in [-0.3, -0.25) is 9.48 Å². The monoisotopic (exact) mass is 361 g/mol. The number of amides is 1. The van der Waals surface area contributed by atoms with E-state index in [1.807, 2.05) is 42.3 Å². The number of H-pyrrole nitrogens is 1. The number of carbonyl (C=O) groups is 1. The topological polar surface area (TPSA) is 75.6 Å². The third kappa shape index (κ3) is 3.43. The molecule has 0 aliphatic rings. The first-order chi connectivity index (χ1) is 13.2. The summed E-state index contributed by atoms with van der Waals surface area (Å²) in [6, 6.07) is 10.2. The summed E-state index contributed by atoms with van der Waals surface area (Å²) in [6.45, 7) is 2.62. The number of unbranched alkanes of at least 4 members (excludes halogenated alkanes) is 1. The summed E-state index contributed by atoms with van der Waals surface area (Å²) in [7, 11) is 1.98. The molecule has 0 aliphatic carbocycles. The molecule has 4 aromatic rings. The van der Waals surface area contributed by atoms with Gasteiger partial charge in [0.05, 0.1) is 11.2 Å². The normalized spacial score (nSPS) is 11.3. The first kappa shape index (κ1) is 17.3. The number of pyridine rings is 1. The molecule has 1 amide bonds. The number of nitrogens with zero attached hydrogens (tertiary/aromatic N) is 3. The first-order valence-corrected chi connectivity index (χ1v) is 9.31. The number of hydrogen-bond acceptors (Lipinski definition) is 3. The quantitative estimate of drug-likeness (QED) is 0.546. The average molecular weight is 361 g/mol. The number of rotatable bonds is 6. The Balaban J connectivity index is 1.61. The number of aromatic amines is 1. The van der Waals surface area contributed by atoms with Gasteiger partial charge < -0.3 is 10.4 Å². The lowest BCUT2D eigenvalue weighted by Gasteiger charge is -2.06. The molecule has 6 heteroatoms. The SMILES string of the molecule is CCCCC(=O)NCc1cccc(-c2cc3c(ncc4c[nH]n(C)c43)n2)c1. The summed E-state index contributed by atoms with van der Waals surface area (Å²) in [5.41, 5.74) is 4.82. The van der Waals surface area contributed by atoms with Crippen LogP contribution < -0.4 is 5.32 Å². The molecule has 1 aromatic carbocycles. The Labute approximate surface area is 157 Å². The lowest BCUT2D eigenvalue weighted by molar-refractivity contribution is -0.121. The number of hydrogen-bond donors (Lipinski definition) is 2. The van der Waals surface area contributed by atoms with Crippen molar-refractivity contribution >= 4 is 27.8 Å². The largest absolute Gasteiger partial charge is 0.352 e. The van der Waals surface area contributed by atoms with Crippen molar-refractivity contribution in [3.8, 4) is 11.3 Å². The van der Waals surface area contributed by atoms with Crippen LogP contribution in [0.25, 0.3) is 33.2 Å². The van der Waals surface area contributed by atoms with Gasteiger partial charge in [-0.2, -0.15) is 0 Å². The molecule has 0 aliphatic heterocycles. The lowest BCUT2D eigenvalue weighted by atomic mass is 10.1. The van der Waals surface area contributed by atoms with Crippen molar-refractivity contribution in [2.75, 3.05) is 0 Å². The molecular formula is C21H23N5O. The van der Waals surface area contributed by atoms with Crippen molar-refractivity contribution in [2.45, 2.75) is 32.7 Å². The van der Waals surface area contributed by atoms with Crippen LogP contribution >= 0.6 is 0 Å². The van der Waals surface area contributed by atoms with Gasteiger partial charge in [-0.1, -0.05) is 31.5 Å². The number of nitrogens with one attached hydrogen (secondary N) is 2. The molecule has 0 bridgehead atoms. The molecule has 0 unspecified atom stereocenters. The highest BCUT2D eigenvalue weighted by Crippen LogP contribution is 2.28. The molecule has 4 rings (SSSR count). The van der Waals surface area contributed by atoms with Crippen LogP contribution in [0.15, 0.2) is 42.7 Å². The molecule has 0 fully saturated rings. The standard InChI is InChI=1S/C21H23N5O/c1-3-4-8-19(27)22-11-14-6-5-7-15(9-14)18-10-17-20-16(13-24-26(20)2)12-23-21(17)25-18/h5-7,9-10,12-13,24H,3-4,8,11H2,1-2H3,(H,22,27). The van der Waals surface area contributed by atoms with E-state index < -0.39 is 0 Å². The van der Waals surface area contributed by atoms with Crippen LogP contribution in [0.3, 0.4) is 0 Å². The van der Waals surface area contributed by atoms with Gasteiger partial charge in [0.2, 0.25) is 5.91 Å². The van der Waals surface area contributed by atoms with Gasteiger partial charge in [0, 0.05) is 48.7 Å². The molecule has 3 aromatic heterocycles. The van der Waals surface area contributed by atoms with E-state index in [0.29, 0.717) is 13.0 Å². The summed E-state index contributed by atoms with van der Waals surface area (Å²) < 4.78 is 1.98. The Bertz CT molecular complexity index is 1110. The minimum atomic E-state index is 0.103. The average Bonchev–Trinajstić information content (AvgIpc) is 3.28. The molecule has 6 nitrogen and oxygen atoms in total. The molecule has 138 valence electrons. The molecule has 2 N–H and O–H groups in total. The highest BCUT2D eigenvalue weighted by atomic mass is 16.1. The maximum atomic E-state index is 11.8. The maximum Gasteiger partial charge on any atom is 0.220 e. The van der Waals surface area contributed by atoms with Gasteiger partial charge >= 0.3 is 0 Å². The Hall–Kier alpha value is -3.15. The van der Waals surface area contributed by atoms with Gasteiger partial charge in [-0.15, -0.1) is 0 Å². The molecule has 0 spiro atoms. The van der Waals surface area contributed by atoms with Crippen LogP contribution in [-0.4, -0.2) is 25.7 Å². The van der Waals surface area contributed by atoms with E-state index in [1.165, 1.54) is 0 Å². The molecule has 27 heavy (non-hydrogen) atoms. The van der Waals surface area contributed by atoms with E-state index in [1.54, 1.807) is 0 Å².